The Balaban J connectivity index is 2.23. The van der Waals surface area contributed by atoms with Gasteiger partial charge in [0.1, 0.15) is 5.84 Å². The van der Waals surface area contributed by atoms with Crippen molar-refractivity contribution >= 4 is 5.84 Å². The van der Waals surface area contributed by atoms with Crippen LogP contribution in [0.25, 0.3) is 11.1 Å². The maximum atomic E-state index is 9.58. The largest absolute Gasteiger partial charge is 0.394 e. The molecule has 2 aromatic rings. The van der Waals surface area contributed by atoms with E-state index in [0.717, 1.165) is 22.3 Å². The average molecular weight is 305 g/mol. The number of nitrogens with one attached hydrogen (secondary N) is 1. The highest BCUT2D eigenvalue weighted by molar-refractivity contribution is 6.06. The Morgan fingerprint density at radius 2 is 1.70 bits per heavy atom. The van der Waals surface area contributed by atoms with E-state index in [2.05, 4.69) is 16.4 Å². The van der Waals surface area contributed by atoms with Gasteiger partial charge >= 0.3 is 0 Å². The number of aliphatic imine (C=N–C) groups is 1. The first-order valence-corrected chi connectivity index (χ1v) is 7.61. The van der Waals surface area contributed by atoms with Crippen LogP contribution < -0.4 is 5.32 Å². The van der Waals surface area contributed by atoms with Gasteiger partial charge in [0.25, 0.3) is 0 Å². The van der Waals surface area contributed by atoms with Gasteiger partial charge < -0.3 is 10.4 Å². The molecule has 2 N–H and O–H groups in total. The molecular formula is C19H19N3O. The first-order valence-electron chi connectivity index (χ1n) is 7.61. The Hall–Kier alpha value is -2.64. The number of rotatable bonds is 2. The number of hydrogen-bond donors (Lipinski definition) is 2. The van der Waals surface area contributed by atoms with E-state index in [1.165, 1.54) is 0 Å². The van der Waals surface area contributed by atoms with Crippen LogP contribution in [0, 0.1) is 11.3 Å². The average Bonchev–Trinajstić information content (AvgIpc) is 2.70. The monoisotopic (exact) mass is 305 g/mol. The highest BCUT2D eigenvalue weighted by atomic mass is 16.3. The van der Waals surface area contributed by atoms with Crippen molar-refractivity contribution in [2.24, 2.45) is 4.99 Å². The van der Waals surface area contributed by atoms with Gasteiger partial charge in [-0.15, -0.1) is 0 Å². The Bertz CT molecular complexity index is 802. The third kappa shape index (κ3) is 2.84. The smallest absolute Gasteiger partial charge is 0.164 e. The fourth-order valence-corrected chi connectivity index (χ4v) is 2.73. The molecule has 4 nitrogen and oxygen atoms in total. The van der Waals surface area contributed by atoms with Crippen LogP contribution in [0.3, 0.4) is 0 Å². The molecule has 0 saturated heterocycles. The molecule has 4 heteroatoms. The summed E-state index contributed by atoms with van der Waals surface area (Å²) in [6.45, 7) is 3.77. The highest BCUT2D eigenvalue weighted by Gasteiger charge is 2.26. The Morgan fingerprint density at radius 1 is 1.09 bits per heavy atom. The van der Waals surface area contributed by atoms with Crippen molar-refractivity contribution in [2.45, 2.75) is 25.4 Å². The quantitative estimate of drug-likeness (QED) is 0.896. The van der Waals surface area contributed by atoms with E-state index in [0.29, 0.717) is 5.84 Å². The number of hydrogen-bond acceptors (Lipinski definition) is 4. The number of fused-ring (bicyclic) bond motifs is 3. The molecule has 23 heavy (non-hydrogen) atoms. The molecular weight excluding hydrogens is 286 g/mol. The van der Waals surface area contributed by atoms with Crippen molar-refractivity contribution in [1.82, 2.24) is 5.32 Å². The van der Waals surface area contributed by atoms with Crippen molar-refractivity contribution in [2.75, 3.05) is 6.61 Å². The summed E-state index contributed by atoms with van der Waals surface area (Å²) < 4.78 is 0. The zero-order valence-electron chi connectivity index (χ0n) is 13.2. The molecule has 116 valence electrons. The van der Waals surface area contributed by atoms with Crippen molar-refractivity contribution in [3.63, 3.8) is 0 Å². The maximum Gasteiger partial charge on any atom is 0.164 e. The molecule has 0 bridgehead atoms. The van der Waals surface area contributed by atoms with Gasteiger partial charge in [0.05, 0.1) is 18.2 Å². The third-order valence-corrected chi connectivity index (χ3v) is 3.96. The van der Waals surface area contributed by atoms with Crippen LogP contribution in [-0.4, -0.2) is 23.1 Å². The zero-order valence-corrected chi connectivity index (χ0v) is 13.2. The second-order valence-electron chi connectivity index (χ2n) is 6.31. The summed E-state index contributed by atoms with van der Waals surface area (Å²) in [7, 11) is 0. The van der Waals surface area contributed by atoms with Crippen LogP contribution in [0.1, 0.15) is 31.0 Å². The molecule has 0 aliphatic carbocycles. The Kier molecular flexibility index (Phi) is 3.89. The zero-order chi connectivity index (χ0) is 16.4. The van der Waals surface area contributed by atoms with E-state index >= 15 is 0 Å². The minimum Gasteiger partial charge on any atom is -0.394 e. The summed E-state index contributed by atoms with van der Waals surface area (Å²) in [4.78, 5) is 4.64. The lowest BCUT2D eigenvalue weighted by molar-refractivity contribution is 0.206. The fraction of sp³-hybridized carbons (Fsp3) is 0.263. The molecule has 0 amide bonds. The summed E-state index contributed by atoms with van der Waals surface area (Å²) in [6, 6.07) is 17.5. The van der Waals surface area contributed by atoms with Crippen LogP contribution in [-0.2, 0) is 0 Å². The number of aliphatic hydroxyl groups is 1. The van der Waals surface area contributed by atoms with Crippen LogP contribution in [0.15, 0.2) is 53.5 Å². The lowest BCUT2D eigenvalue weighted by Crippen LogP contribution is -2.46. The molecule has 0 spiro atoms. The van der Waals surface area contributed by atoms with E-state index in [4.69, 9.17) is 0 Å². The predicted molar refractivity (Wildman–Crippen MR) is 91.1 cm³/mol. The molecule has 0 fully saturated rings. The highest BCUT2D eigenvalue weighted by Crippen LogP contribution is 2.35. The van der Waals surface area contributed by atoms with Crippen LogP contribution in [0.2, 0.25) is 0 Å². The summed E-state index contributed by atoms with van der Waals surface area (Å²) in [5.41, 5.74) is 3.39. The van der Waals surface area contributed by atoms with E-state index in [9.17, 15) is 10.4 Å². The summed E-state index contributed by atoms with van der Waals surface area (Å²) >= 11 is 0. The van der Waals surface area contributed by atoms with Gasteiger partial charge in [-0.25, -0.2) is 4.99 Å². The number of amidine groups is 1. The van der Waals surface area contributed by atoms with Crippen LogP contribution in [0.5, 0.6) is 0 Å². The summed E-state index contributed by atoms with van der Waals surface area (Å²) in [5.74, 6) is 0.641. The Labute approximate surface area is 136 Å². The van der Waals surface area contributed by atoms with Gasteiger partial charge in [0.15, 0.2) is 6.04 Å². The molecule has 0 saturated carbocycles. The van der Waals surface area contributed by atoms with Crippen LogP contribution >= 0.6 is 0 Å². The number of nitrogens with zero attached hydrogens (tertiary/aromatic N) is 2. The normalized spacial score (nSPS) is 16.4. The number of nitriles is 1. The Morgan fingerprint density at radius 3 is 2.35 bits per heavy atom. The standard InChI is InChI=1S/C19H19N3O/c1-19(2,12-23)22-18-16-10-6-4-8-14(16)13-7-3-5-9-15(13)17(11-20)21-18/h3-10,17,23H,12H2,1-2H3,(H,21,22). The van der Waals surface area contributed by atoms with Crippen molar-refractivity contribution in [1.29, 1.82) is 5.26 Å². The van der Waals surface area contributed by atoms with Gasteiger partial charge in [0, 0.05) is 5.56 Å². The number of benzene rings is 2. The van der Waals surface area contributed by atoms with Gasteiger partial charge in [-0.3, -0.25) is 0 Å². The van der Waals surface area contributed by atoms with E-state index < -0.39 is 11.6 Å². The van der Waals surface area contributed by atoms with Crippen molar-refractivity contribution in [3.8, 4) is 17.2 Å². The van der Waals surface area contributed by atoms with E-state index in [1.54, 1.807) is 0 Å². The van der Waals surface area contributed by atoms with Gasteiger partial charge in [-0.1, -0.05) is 48.5 Å². The minimum atomic E-state index is -0.574. The maximum absolute atomic E-state index is 9.58. The molecule has 1 atom stereocenters. The first-order chi connectivity index (χ1) is 11.1. The second-order valence-corrected chi connectivity index (χ2v) is 6.31. The molecule has 0 radical (unpaired) electrons. The lowest BCUT2D eigenvalue weighted by Gasteiger charge is -2.26. The lowest BCUT2D eigenvalue weighted by atomic mass is 9.93. The first kappa shape index (κ1) is 15.3. The molecule has 0 aromatic heterocycles. The van der Waals surface area contributed by atoms with Crippen LogP contribution in [0.4, 0.5) is 0 Å². The molecule has 1 aliphatic rings. The SMILES string of the molecule is CC(C)(CO)NC1=NC(C#N)c2ccccc2-c2ccccc21. The molecule has 1 heterocycles. The van der Waals surface area contributed by atoms with Gasteiger partial charge in [-0.2, -0.15) is 5.26 Å². The van der Waals surface area contributed by atoms with Gasteiger partial charge in [0.2, 0.25) is 0 Å². The molecule has 3 rings (SSSR count). The third-order valence-electron chi connectivity index (χ3n) is 3.96. The number of aliphatic hydroxyl groups excluding tert-OH is 1. The molecule has 1 unspecified atom stereocenters. The summed E-state index contributed by atoms with van der Waals surface area (Å²) in [5, 5.41) is 22.4. The van der Waals surface area contributed by atoms with Crippen molar-refractivity contribution < 1.29 is 5.11 Å². The predicted octanol–water partition coefficient (Wildman–Crippen LogP) is 3.04. The van der Waals surface area contributed by atoms with Crippen molar-refractivity contribution in [3.05, 3.63) is 59.7 Å². The fourth-order valence-electron chi connectivity index (χ4n) is 2.73. The minimum absolute atomic E-state index is 0.0294. The summed E-state index contributed by atoms with van der Waals surface area (Å²) in [6.07, 6.45) is 0. The molecule has 2 aromatic carbocycles. The second kappa shape index (κ2) is 5.86. The van der Waals surface area contributed by atoms with Gasteiger partial charge in [-0.05, 0) is 30.5 Å². The molecule has 1 aliphatic heterocycles. The van der Waals surface area contributed by atoms with E-state index in [-0.39, 0.29) is 6.61 Å². The van der Waals surface area contributed by atoms with E-state index in [1.807, 2.05) is 62.4 Å². The topological polar surface area (TPSA) is 68.4 Å².